The minimum Gasteiger partial charge on any atom is -0.477 e. The van der Waals surface area contributed by atoms with Crippen molar-refractivity contribution in [3.8, 4) is 0 Å². The van der Waals surface area contributed by atoms with Gasteiger partial charge < -0.3 is 23.8 Å². The number of allylic oxidation sites excluding steroid dienone is 12. The summed E-state index contributed by atoms with van der Waals surface area (Å²) in [6.07, 6.45) is 66.8. The number of esters is 2. The van der Waals surface area contributed by atoms with Gasteiger partial charge in [0.2, 0.25) is 0 Å². The van der Waals surface area contributed by atoms with Crippen molar-refractivity contribution in [2.45, 2.75) is 257 Å². The first-order valence-electron chi connectivity index (χ1n) is 28.5. The number of carbonyl (C=O) groups excluding carboxylic acids is 2. The van der Waals surface area contributed by atoms with E-state index in [1.165, 1.54) is 128 Å². The third-order valence-electron chi connectivity index (χ3n) is 12.6. The number of likely N-dealkylation sites (N-methyl/N-ethyl adjacent to an activating group) is 1. The van der Waals surface area contributed by atoms with E-state index in [0.717, 1.165) is 83.5 Å². The van der Waals surface area contributed by atoms with Crippen LogP contribution in [0.5, 0.6) is 0 Å². The number of quaternary nitrogens is 1. The van der Waals surface area contributed by atoms with Crippen LogP contribution >= 0.6 is 0 Å². The topological polar surface area (TPSA) is 99.1 Å². The van der Waals surface area contributed by atoms with Gasteiger partial charge in [0.25, 0.3) is 0 Å². The van der Waals surface area contributed by atoms with Crippen molar-refractivity contribution in [1.82, 2.24) is 0 Å². The number of rotatable bonds is 51. The second-order valence-electron chi connectivity index (χ2n) is 20.2. The Morgan fingerprint density at radius 2 is 0.812 bits per heavy atom. The molecular formula is C61H108NO7+. The number of carbonyl (C=O) groups is 3. The molecule has 0 spiro atoms. The summed E-state index contributed by atoms with van der Waals surface area (Å²) < 4.78 is 17.4. The lowest BCUT2D eigenvalue weighted by atomic mass is 10.0. The van der Waals surface area contributed by atoms with E-state index < -0.39 is 18.1 Å². The van der Waals surface area contributed by atoms with Crippen LogP contribution < -0.4 is 0 Å². The molecule has 2 atom stereocenters. The third kappa shape index (κ3) is 49.5. The van der Waals surface area contributed by atoms with Gasteiger partial charge in [0.1, 0.15) is 6.61 Å². The highest BCUT2D eigenvalue weighted by atomic mass is 16.6. The zero-order valence-electron chi connectivity index (χ0n) is 45.5. The lowest BCUT2D eigenvalue weighted by Gasteiger charge is -2.31. The Kier molecular flexibility index (Phi) is 48.7. The third-order valence-corrected chi connectivity index (χ3v) is 12.6. The highest BCUT2D eigenvalue weighted by Crippen LogP contribution is 2.16. The monoisotopic (exact) mass is 967 g/mol. The summed E-state index contributed by atoms with van der Waals surface area (Å²) in [5.41, 5.74) is 0. The van der Waals surface area contributed by atoms with Crippen LogP contribution in [0, 0.1) is 0 Å². The Labute approximate surface area is 425 Å². The van der Waals surface area contributed by atoms with E-state index in [2.05, 4.69) is 86.8 Å². The van der Waals surface area contributed by atoms with Gasteiger partial charge in [-0.1, -0.05) is 215 Å². The van der Waals surface area contributed by atoms with E-state index in [-0.39, 0.29) is 36.2 Å². The standard InChI is InChI=1S/C61H107NO7/c1-6-8-10-12-14-16-18-20-22-24-26-28-30-32-33-35-37-39-41-43-45-47-49-51-59(63)68-56-57(55-67-54-53-58(61(65)66)62(3,4)5)69-60(64)52-50-48-46-44-42-40-38-36-34-31-29-27-25-23-21-19-17-15-13-11-9-7-2/h9,11,15,17,21,23,27,29,32-34,36,57-58H,6-8,10,12-14,16,18-20,22,24-26,28,30-31,35,37-56H2,1-5H3/p+1/b11-9+,17-15+,23-21+,29-27+,33-32+,36-34+. The minimum absolute atomic E-state index is 0.0512. The summed E-state index contributed by atoms with van der Waals surface area (Å²) in [4.78, 5) is 37.3. The Morgan fingerprint density at radius 3 is 1.22 bits per heavy atom. The SMILES string of the molecule is CC/C=C/C/C=C/C/C=C/C/C=C/C/C=C/CCCCCCCCC(=O)OC(COCCC(C(=O)O)[N+](C)(C)C)COC(=O)CCCCCCCCC/C=C/CCCCCCCCCCCCCC. The second-order valence-corrected chi connectivity index (χ2v) is 20.2. The molecule has 8 heteroatoms. The van der Waals surface area contributed by atoms with Gasteiger partial charge in [0.15, 0.2) is 12.1 Å². The van der Waals surface area contributed by atoms with Crippen molar-refractivity contribution in [2.24, 2.45) is 0 Å². The fourth-order valence-corrected chi connectivity index (χ4v) is 8.23. The largest absolute Gasteiger partial charge is 0.477 e. The first-order chi connectivity index (χ1) is 33.6. The maximum atomic E-state index is 12.8. The molecule has 0 aromatic heterocycles. The molecule has 0 amide bonds. The van der Waals surface area contributed by atoms with Gasteiger partial charge in [-0.3, -0.25) is 9.59 Å². The molecule has 0 aromatic carbocycles. The number of aliphatic carboxylic acids is 1. The minimum atomic E-state index is -0.878. The van der Waals surface area contributed by atoms with Crippen LogP contribution in [0.1, 0.15) is 245 Å². The number of ether oxygens (including phenoxy) is 3. The molecule has 2 unspecified atom stereocenters. The highest BCUT2D eigenvalue weighted by molar-refractivity contribution is 5.72. The first kappa shape index (κ1) is 65.8. The average Bonchev–Trinajstić information content (AvgIpc) is 3.31. The molecule has 8 nitrogen and oxygen atoms in total. The maximum Gasteiger partial charge on any atom is 0.362 e. The van der Waals surface area contributed by atoms with Crippen molar-refractivity contribution < 1.29 is 38.2 Å². The Bertz CT molecular complexity index is 1360. The first-order valence-corrected chi connectivity index (χ1v) is 28.5. The Balaban J connectivity index is 4.22. The van der Waals surface area contributed by atoms with Crippen LogP contribution in [-0.2, 0) is 28.6 Å². The molecule has 0 bridgehead atoms. The van der Waals surface area contributed by atoms with E-state index in [0.29, 0.717) is 19.3 Å². The Morgan fingerprint density at radius 1 is 0.449 bits per heavy atom. The molecule has 0 aromatic rings. The number of unbranched alkanes of at least 4 members (excludes halogenated alkanes) is 25. The van der Waals surface area contributed by atoms with Crippen molar-refractivity contribution in [3.63, 3.8) is 0 Å². The van der Waals surface area contributed by atoms with E-state index in [4.69, 9.17) is 14.2 Å². The molecule has 0 fully saturated rings. The van der Waals surface area contributed by atoms with Crippen LogP contribution in [-0.4, -0.2) is 80.6 Å². The van der Waals surface area contributed by atoms with Gasteiger partial charge in [0.05, 0.1) is 34.4 Å². The van der Waals surface area contributed by atoms with Crippen LogP contribution in [0.4, 0.5) is 0 Å². The summed E-state index contributed by atoms with van der Waals surface area (Å²) in [5, 5.41) is 9.68. The highest BCUT2D eigenvalue weighted by Gasteiger charge is 2.31. The summed E-state index contributed by atoms with van der Waals surface area (Å²) >= 11 is 0. The van der Waals surface area contributed by atoms with E-state index in [1.54, 1.807) is 0 Å². The molecule has 0 aliphatic heterocycles. The van der Waals surface area contributed by atoms with Crippen LogP contribution in [0.3, 0.4) is 0 Å². The molecule has 0 rings (SSSR count). The molecule has 0 aliphatic rings. The molecule has 69 heavy (non-hydrogen) atoms. The average molecular weight is 968 g/mol. The predicted octanol–water partition coefficient (Wildman–Crippen LogP) is 17.0. The van der Waals surface area contributed by atoms with Gasteiger partial charge in [-0.2, -0.15) is 0 Å². The molecule has 398 valence electrons. The molecule has 0 heterocycles. The predicted molar refractivity (Wildman–Crippen MR) is 294 cm³/mol. The summed E-state index contributed by atoms with van der Waals surface area (Å²) in [7, 11) is 5.53. The molecule has 1 N–H and O–H groups in total. The Hall–Kier alpha value is -3.23. The summed E-state index contributed by atoms with van der Waals surface area (Å²) in [6, 6.07) is -0.622. The molecule has 0 saturated heterocycles. The van der Waals surface area contributed by atoms with E-state index >= 15 is 0 Å². The molecule has 0 aliphatic carbocycles. The van der Waals surface area contributed by atoms with Crippen molar-refractivity contribution in [1.29, 1.82) is 0 Å². The fourth-order valence-electron chi connectivity index (χ4n) is 8.23. The zero-order chi connectivity index (χ0) is 50.6. The number of carboxylic acids is 1. The number of carboxylic acid groups (broad SMARTS) is 1. The van der Waals surface area contributed by atoms with Crippen molar-refractivity contribution >= 4 is 17.9 Å². The normalized spacial score (nSPS) is 13.3. The van der Waals surface area contributed by atoms with Gasteiger partial charge in [-0.05, 0) is 83.5 Å². The van der Waals surface area contributed by atoms with E-state index in [1.807, 2.05) is 21.1 Å². The molecule has 0 saturated carbocycles. The van der Waals surface area contributed by atoms with Crippen molar-refractivity contribution in [3.05, 3.63) is 72.9 Å². The number of hydrogen-bond donors (Lipinski definition) is 1. The second kappa shape index (κ2) is 51.1. The smallest absolute Gasteiger partial charge is 0.362 e. The number of nitrogens with zero attached hydrogens (tertiary/aromatic N) is 1. The quantitative estimate of drug-likeness (QED) is 0.0281. The summed E-state index contributed by atoms with van der Waals surface area (Å²) in [5.74, 6) is -1.49. The number of hydrogen-bond acceptors (Lipinski definition) is 6. The lowest BCUT2D eigenvalue weighted by Crippen LogP contribution is -2.50. The van der Waals surface area contributed by atoms with Gasteiger partial charge >= 0.3 is 17.9 Å². The van der Waals surface area contributed by atoms with E-state index in [9.17, 15) is 19.5 Å². The van der Waals surface area contributed by atoms with Gasteiger partial charge in [-0.15, -0.1) is 0 Å². The van der Waals surface area contributed by atoms with Gasteiger partial charge in [0, 0.05) is 19.3 Å². The zero-order valence-corrected chi connectivity index (χ0v) is 45.5. The lowest BCUT2D eigenvalue weighted by molar-refractivity contribution is -0.887. The molecule has 0 radical (unpaired) electrons. The maximum absolute atomic E-state index is 12.8. The van der Waals surface area contributed by atoms with Crippen LogP contribution in [0.25, 0.3) is 0 Å². The molecular weight excluding hydrogens is 859 g/mol. The van der Waals surface area contributed by atoms with Crippen LogP contribution in [0.15, 0.2) is 72.9 Å². The fraction of sp³-hybridized carbons (Fsp3) is 0.754. The van der Waals surface area contributed by atoms with Crippen LogP contribution in [0.2, 0.25) is 0 Å². The summed E-state index contributed by atoms with van der Waals surface area (Å²) in [6.45, 7) is 4.63. The van der Waals surface area contributed by atoms with Gasteiger partial charge in [-0.25, -0.2) is 4.79 Å². The van der Waals surface area contributed by atoms with Crippen molar-refractivity contribution in [2.75, 3.05) is 41.0 Å².